The van der Waals surface area contributed by atoms with Gasteiger partial charge in [-0.05, 0) is 18.6 Å². The molecule has 1 aromatic carbocycles. The van der Waals surface area contributed by atoms with Crippen LogP contribution in [0.15, 0.2) is 18.2 Å². The predicted molar refractivity (Wildman–Crippen MR) is 76.1 cm³/mol. The third-order valence-electron chi connectivity index (χ3n) is 4.20. The molecule has 0 bridgehead atoms. The second kappa shape index (κ2) is 4.22. The predicted octanol–water partition coefficient (Wildman–Crippen LogP) is 2.68. The lowest BCUT2D eigenvalue weighted by molar-refractivity contribution is -0.140. The van der Waals surface area contributed by atoms with Crippen LogP contribution >= 0.6 is 11.6 Å². The summed E-state index contributed by atoms with van der Waals surface area (Å²) in [6.07, 6.45) is 0.445. The van der Waals surface area contributed by atoms with E-state index in [1.807, 2.05) is 32.0 Å². The Hall–Kier alpha value is -1.55. The summed E-state index contributed by atoms with van der Waals surface area (Å²) in [6, 6.07) is 5.53. The van der Waals surface area contributed by atoms with E-state index in [2.05, 4.69) is 0 Å². The van der Waals surface area contributed by atoms with Crippen LogP contribution in [0.2, 0.25) is 5.02 Å². The van der Waals surface area contributed by atoms with Crippen LogP contribution in [0.5, 0.6) is 0 Å². The number of aliphatic carboxylic acids is 1. The van der Waals surface area contributed by atoms with Gasteiger partial charge in [0.1, 0.15) is 0 Å². The number of benzene rings is 1. The lowest BCUT2D eigenvalue weighted by Crippen LogP contribution is -2.35. The second-order valence-electron chi connectivity index (χ2n) is 6.23. The van der Waals surface area contributed by atoms with Crippen LogP contribution in [0.4, 0.5) is 5.69 Å². The molecule has 0 spiro atoms. The third kappa shape index (κ3) is 1.90. The van der Waals surface area contributed by atoms with E-state index in [-0.39, 0.29) is 17.2 Å². The lowest BCUT2D eigenvalue weighted by atomic mass is 9.87. The average Bonchev–Trinajstić information content (AvgIpc) is 3.10. The highest BCUT2D eigenvalue weighted by Gasteiger charge is 2.52. The molecule has 1 aromatic rings. The maximum atomic E-state index is 12.5. The number of carboxylic acids is 1. The summed E-state index contributed by atoms with van der Waals surface area (Å²) in [5.41, 5.74) is 1.59. The van der Waals surface area contributed by atoms with Crippen molar-refractivity contribution in [3.05, 3.63) is 28.8 Å². The zero-order valence-corrected chi connectivity index (χ0v) is 12.1. The Morgan fingerprint density at radius 1 is 1.35 bits per heavy atom. The summed E-state index contributed by atoms with van der Waals surface area (Å²) >= 11 is 6.27. The van der Waals surface area contributed by atoms with Gasteiger partial charge in [0.25, 0.3) is 0 Å². The van der Waals surface area contributed by atoms with Crippen molar-refractivity contribution in [2.24, 2.45) is 11.8 Å². The summed E-state index contributed by atoms with van der Waals surface area (Å²) < 4.78 is 0. The molecule has 1 heterocycles. The first kappa shape index (κ1) is 13.4. The summed E-state index contributed by atoms with van der Waals surface area (Å²) in [7, 11) is 0. The molecule has 106 valence electrons. The van der Waals surface area contributed by atoms with Crippen LogP contribution in [0.3, 0.4) is 0 Å². The highest BCUT2D eigenvalue weighted by atomic mass is 35.5. The van der Waals surface area contributed by atoms with Gasteiger partial charge in [0, 0.05) is 28.2 Å². The second-order valence-corrected chi connectivity index (χ2v) is 6.64. The molecule has 20 heavy (non-hydrogen) atoms. The van der Waals surface area contributed by atoms with Crippen molar-refractivity contribution < 1.29 is 14.7 Å². The fraction of sp³-hybridized carbons (Fsp3) is 0.467. The van der Waals surface area contributed by atoms with Crippen LogP contribution < -0.4 is 4.90 Å². The highest BCUT2D eigenvalue weighted by molar-refractivity contribution is 6.32. The molecule has 2 atom stereocenters. The molecule has 1 N–H and O–H groups in total. The maximum absolute atomic E-state index is 12.5. The van der Waals surface area contributed by atoms with Crippen molar-refractivity contribution in [1.29, 1.82) is 0 Å². The molecule has 1 saturated carbocycles. The number of carbonyl (C=O) groups excluding carboxylic acids is 1. The van der Waals surface area contributed by atoms with Crippen LogP contribution in [0, 0.1) is 11.8 Å². The molecule has 2 aliphatic rings. The van der Waals surface area contributed by atoms with Gasteiger partial charge in [-0.1, -0.05) is 31.5 Å². The molecule has 2 unspecified atom stereocenters. The van der Waals surface area contributed by atoms with Crippen molar-refractivity contribution in [3.8, 4) is 0 Å². The molecule has 1 amide bonds. The van der Waals surface area contributed by atoms with Gasteiger partial charge in [-0.2, -0.15) is 0 Å². The number of nitrogens with zero attached hydrogens (tertiary/aromatic N) is 1. The first-order valence-electron chi connectivity index (χ1n) is 6.66. The van der Waals surface area contributed by atoms with Crippen molar-refractivity contribution >= 4 is 29.2 Å². The monoisotopic (exact) mass is 293 g/mol. The number of halogens is 1. The molecule has 1 aliphatic carbocycles. The molecular formula is C15H16ClNO3. The zero-order valence-electron chi connectivity index (χ0n) is 11.4. The minimum Gasteiger partial charge on any atom is -0.481 e. The summed E-state index contributed by atoms with van der Waals surface area (Å²) in [5, 5.41) is 9.63. The Morgan fingerprint density at radius 3 is 2.65 bits per heavy atom. The molecule has 0 aromatic heterocycles. The Morgan fingerprint density at radius 2 is 2.05 bits per heavy atom. The molecule has 4 nitrogen and oxygen atoms in total. The Balaban J connectivity index is 1.93. The van der Waals surface area contributed by atoms with E-state index >= 15 is 0 Å². The van der Waals surface area contributed by atoms with Gasteiger partial charge in [-0.25, -0.2) is 0 Å². The molecule has 5 heteroatoms. The SMILES string of the molecule is CC1(C)CN(C(=O)C2CC2C(=O)O)c2cccc(Cl)c21. The Bertz CT molecular complexity index is 611. The molecule has 1 fully saturated rings. The van der Waals surface area contributed by atoms with Crippen LogP contribution in [-0.4, -0.2) is 23.5 Å². The van der Waals surface area contributed by atoms with E-state index in [1.165, 1.54) is 0 Å². The number of carbonyl (C=O) groups is 2. The average molecular weight is 294 g/mol. The fourth-order valence-corrected chi connectivity index (χ4v) is 3.53. The summed E-state index contributed by atoms with van der Waals surface area (Å²) in [6.45, 7) is 4.65. The molecule has 3 rings (SSSR count). The molecule has 0 saturated heterocycles. The van der Waals surface area contributed by atoms with E-state index in [0.717, 1.165) is 11.3 Å². The van der Waals surface area contributed by atoms with Gasteiger partial charge in [-0.15, -0.1) is 0 Å². The Kier molecular flexibility index (Phi) is 2.83. The lowest BCUT2D eigenvalue weighted by Gasteiger charge is -2.21. The normalized spacial score (nSPS) is 26.2. The smallest absolute Gasteiger partial charge is 0.307 e. The summed E-state index contributed by atoms with van der Waals surface area (Å²) in [5.74, 6) is -1.87. The Labute approximate surface area is 122 Å². The van der Waals surface area contributed by atoms with E-state index in [0.29, 0.717) is 18.0 Å². The third-order valence-corrected chi connectivity index (χ3v) is 4.52. The standard InChI is InChI=1S/C15H16ClNO3/c1-15(2)7-17(11-5-3-4-10(16)12(11)15)13(18)8-6-9(8)14(19)20/h3-5,8-9H,6-7H2,1-2H3,(H,19,20). The fourth-order valence-electron chi connectivity index (χ4n) is 3.10. The minimum atomic E-state index is -0.881. The number of hydrogen-bond donors (Lipinski definition) is 1. The van der Waals surface area contributed by atoms with Gasteiger partial charge < -0.3 is 10.0 Å². The van der Waals surface area contributed by atoms with E-state index in [4.69, 9.17) is 16.7 Å². The van der Waals surface area contributed by atoms with Crippen molar-refractivity contribution in [2.75, 3.05) is 11.4 Å². The van der Waals surface area contributed by atoms with Gasteiger partial charge in [0.15, 0.2) is 0 Å². The number of fused-ring (bicyclic) bond motifs is 1. The first-order chi connectivity index (χ1) is 9.33. The van der Waals surface area contributed by atoms with Crippen LogP contribution in [0.25, 0.3) is 0 Å². The van der Waals surface area contributed by atoms with E-state index in [1.54, 1.807) is 4.90 Å². The zero-order chi connectivity index (χ0) is 14.7. The number of rotatable bonds is 2. The van der Waals surface area contributed by atoms with Crippen molar-refractivity contribution in [3.63, 3.8) is 0 Å². The van der Waals surface area contributed by atoms with Gasteiger partial charge in [0.05, 0.1) is 11.8 Å². The van der Waals surface area contributed by atoms with Crippen LogP contribution in [-0.2, 0) is 15.0 Å². The maximum Gasteiger partial charge on any atom is 0.307 e. The largest absolute Gasteiger partial charge is 0.481 e. The molecule has 0 radical (unpaired) electrons. The van der Waals surface area contributed by atoms with Gasteiger partial charge in [0.2, 0.25) is 5.91 Å². The van der Waals surface area contributed by atoms with Gasteiger partial charge in [-0.3, -0.25) is 9.59 Å². The van der Waals surface area contributed by atoms with E-state index in [9.17, 15) is 9.59 Å². The number of carboxylic acid groups (broad SMARTS) is 1. The number of hydrogen-bond acceptors (Lipinski definition) is 2. The van der Waals surface area contributed by atoms with Gasteiger partial charge >= 0.3 is 5.97 Å². The number of amides is 1. The molecular weight excluding hydrogens is 278 g/mol. The number of anilines is 1. The summed E-state index contributed by atoms with van der Waals surface area (Å²) in [4.78, 5) is 25.1. The van der Waals surface area contributed by atoms with E-state index < -0.39 is 11.9 Å². The molecule has 1 aliphatic heterocycles. The highest BCUT2D eigenvalue weighted by Crippen LogP contribution is 2.48. The topological polar surface area (TPSA) is 57.6 Å². The first-order valence-corrected chi connectivity index (χ1v) is 7.04. The van der Waals surface area contributed by atoms with Crippen molar-refractivity contribution in [1.82, 2.24) is 0 Å². The van der Waals surface area contributed by atoms with Crippen molar-refractivity contribution in [2.45, 2.75) is 25.7 Å². The quantitative estimate of drug-likeness (QED) is 0.912. The minimum absolute atomic E-state index is 0.0912. The van der Waals surface area contributed by atoms with Crippen LogP contribution in [0.1, 0.15) is 25.8 Å².